The zero-order valence-electron chi connectivity index (χ0n) is 15.7. The fraction of sp³-hybridized carbons (Fsp3) is 0.381. The Morgan fingerprint density at radius 1 is 1.15 bits per heavy atom. The predicted molar refractivity (Wildman–Crippen MR) is 104 cm³/mol. The fourth-order valence-corrected chi connectivity index (χ4v) is 3.14. The molecule has 5 nitrogen and oxygen atoms in total. The molecule has 2 aromatic heterocycles. The molecule has 0 aliphatic rings. The van der Waals surface area contributed by atoms with Crippen molar-refractivity contribution in [1.29, 1.82) is 0 Å². The van der Waals surface area contributed by atoms with Gasteiger partial charge in [0.05, 0.1) is 6.54 Å². The summed E-state index contributed by atoms with van der Waals surface area (Å²) in [5.41, 5.74) is 2.48. The maximum atomic E-state index is 13.0. The summed E-state index contributed by atoms with van der Waals surface area (Å²) in [4.78, 5) is 24.1. The molecule has 2 heterocycles. The summed E-state index contributed by atoms with van der Waals surface area (Å²) in [6, 6.07) is 13.3. The summed E-state index contributed by atoms with van der Waals surface area (Å²) in [5, 5.41) is 0. The number of hydrogen-bond acceptors (Lipinski definition) is 3. The highest BCUT2D eigenvalue weighted by Gasteiger charge is 2.20. The number of hydrogen-bond donors (Lipinski definition) is 0. The largest absolute Gasteiger partial charge is 0.331 e. The summed E-state index contributed by atoms with van der Waals surface area (Å²) in [5.74, 6) is 1.41. The number of pyridine rings is 1. The Morgan fingerprint density at radius 2 is 1.92 bits per heavy atom. The topological polar surface area (TPSA) is 51.0 Å². The minimum atomic E-state index is 0.0450. The van der Waals surface area contributed by atoms with Gasteiger partial charge in [-0.25, -0.2) is 9.97 Å². The van der Waals surface area contributed by atoms with Crippen LogP contribution in [0.3, 0.4) is 0 Å². The molecule has 0 atom stereocenters. The van der Waals surface area contributed by atoms with Gasteiger partial charge in [0, 0.05) is 24.8 Å². The Hall–Kier alpha value is -2.69. The molecule has 1 amide bonds. The van der Waals surface area contributed by atoms with Gasteiger partial charge in [0.25, 0.3) is 5.91 Å². The normalized spacial score (nSPS) is 11.2. The number of carbonyl (C=O) groups excluding carboxylic acids is 1. The van der Waals surface area contributed by atoms with E-state index in [2.05, 4.69) is 30.3 Å². The molecular formula is C21H26N4O. The van der Waals surface area contributed by atoms with E-state index in [0.717, 1.165) is 30.0 Å². The van der Waals surface area contributed by atoms with E-state index in [1.807, 2.05) is 47.4 Å². The Kier molecular flexibility index (Phi) is 5.66. The molecule has 0 saturated heterocycles. The van der Waals surface area contributed by atoms with Gasteiger partial charge >= 0.3 is 0 Å². The lowest BCUT2D eigenvalue weighted by atomic mass is 10.2. The Labute approximate surface area is 154 Å². The zero-order chi connectivity index (χ0) is 18.5. The average Bonchev–Trinajstić information content (AvgIpc) is 2.98. The highest BCUT2D eigenvalue weighted by molar-refractivity contribution is 5.94. The third kappa shape index (κ3) is 3.93. The third-order valence-electron chi connectivity index (χ3n) is 4.26. The van der Waals surface area contributed by atoms with Crippen molar-refractivity contribution in [3.63, 3.8) is 0 Å². The molecule has 136 valence electrons. The molecular weight excluding hydrogens is 324 g/mol. The van der Waals surface area contributed by atoms with Crippen molar-refractivity contribution < 1.29 is 4.79 Å². The van der Waals surface area contributed by atoms with Crippen LogP contribution in [0.2, 0.25) is 0 Å². The van der Waals surface area contributed by atoms with Crippen LogP contribution in [0, 0.1) is 5.92 Å². The van der Waals surface area contributed by atoms with Gasteiger partial charge in [0.1, 0.15) is 11.3 Å². The van der Waals surface area contributed by atoms with Gasteiger partial charge in [-0.05, 0) is 36.6 Å². The van der Waals surface area contributed by atoms with Crippen molar-refractivity contribution in [2.24, 2.45) is 5.92 Å². The molecule has 0 N–H and O–H groups in total. The number of rotatable bonds is 7. The summed E-state index contributed by atoms with van der Waals surface area (Å²) < 4.78 is 2.15. The number of benzene rings is 1. The second-order valence-corrected chi connectivity index (χ2v) is 6.97. The van der Waals surface area contributed by atoms with Crippen molar-refractivity contribution in [3.8, 4) is 0 Å². The maximum absolute atomic E-state index is 13.0. The molecule has 3 aromatic rings. The average molecular weight is 350 g/mol. The van der Waals surface area contributed by atoms with Crippen molar-refractivity contribution in [3.05, 3.63) is 60.0 Å². The van der Waals surface area contributed by atoms with E-state index in [1.54, 1.807) is 6.20 Å². The van der Waals surface area contributed by atoms with Crippen molar-refractivity contribution in [1.82, 2.24) is 19.4 Å². The number of amides is 1. The third-order valence-corrected chi connectivity index (χ3v) is 4.26. The number of imidazole rings is 1. The van der Waals surface area contributed by atoms with Gasteiger partial charge in [0.15, 0.2) is 5.65 Å². The van der Waals surface area contributed by atoms with E-state index < -0.39 is 0 Å². The van der Waals surface area contributed by atoms with E-state index in [9.17, 15) is 4.79 Å². The molecule has 1 aromatic carbocycles. The first-order valence-corrected chi connectivity index (χ1v) is 9.24. The van der Waals surface area contributed by atoms with Gasteiger partial charge in [0.2, 0.25) is 0 Å². The summed E-state index contributed by atoms with van der Waals surface area (Å²) >= 11 is 0. The first-order chi connectivity index (χ1) is 12.6. The Bertz CT molecular complexity index is 870. The van der Waals surface area contributed by atoms with Crippen molar-refractivity contribution in [2.45, 2.75) is 40.3 Å². The predicted octanol–water partition coefficient (Wildman–Crippen LogP) is 4.14. The standard InChI is InChI=1S/C21H26N4O/c1-4-13-24(21(26)17-9-6-5-7-10-17)15-19-23-18-11-8-12-22-20(18)25(19)14-16(2)3/h5-12,16H,4,13-15H2,1-3H3. The minimum Gasteiger partial charge on any atom is -0.331 e. The molecule has 0 aliphatic carbocycles. The van der Waals surface area contributed by atoms with Crippen molar-refractivity contribution >= 4 is 17.1 Å². The summed E-state index contributed by atoms with van der Waals surface area (Å²) in [7, 11) is 0. The smallest absolute Gasteiger partial charge is 0.254 e. The van der Waals surface area contributed by atoms with E-state index >= 15 is 0 Å². The van der Waals surface area contributed by atoms with Crippen LogP contribution in [-0.2, 0) is 13.1 Å². The first-order valence-electron chi connectivity index (χ1n) is 9.24. The van der Waals surface area contributed by atoms with Crippen LogP contribution in [0.1, 0.15) is 43.4 Å². The molecule has 0 unspecified atom stereocenters. The number of fused-ring (bicyclic) bond motifs is 1. The van der Waals surface area contributed by atoms with Crippen LogP contribution in [0.15, 0.2) is 48.7 Å². The number of aromatic nitrogens is 3. The molecule has 0 spiro atoms. The molecule has 0 radical (unpaired) electrons. The van der Waals surface area contributed by atoms with Crippen LogP contribution in [-0.4, -0.2) is 31.9 Å². The quantitative estimate of drug-likeness (QED) is 0.643. The maximum Gasteiger partial charge on any atom is 0.254 e. The number of nitrogens with zero attached hydrogens (tertiary/aromatic N) is 4. The molecule has 0 fully saturated rings. The van der Waals surface area contributed by atoms with Gasteiger partial charge in [-0.3, -0.25) is 4.79 Å². The fourth-order valence-electron chi connectivity index (χ4n) is 3.14. The molecule has 0 aliphatic heterocycles. The van der Waals surface area contributed by atoms with Crippen molar-refractivity contribution in [2.75, 3.05) is 6.54 Å². The molecule has 0 saturated carbocycles. The Balaban J connectivity index is 1.95. The van der Waals surface area contributed by atoms with E-state index in [0.29, 0.717) is 24.6 Å². The molecule has 0 bridgehead atoms. The minimum absolute atomic E-state index is 0.0450. The molecule has 3 rings (SSSR count). The highest BCUT2D eigenvalue weighted by atomic mass is 16.2. The molecule has 26 heavy (non-hydrogen) atoms. The first kappa shape index (κ1) is 18.1. The lowest BCUT2D eigenvalue weighted by molar-refractivity contribution is 0.0737. The second kappa shape index (κ2) is 8.13. The Morgan fingerprint density at radius 3 is 2.62 bits per heavy atom. The van der Waals surface area contributed by atoms with E-state index in [-0.39, 0.29) is 5.91 Å². The highest BCUT2D eigenvalue weighted by Crippen LogP contribution is 2.18. The van der Waals surface area contributed by atoms with Crippen LogP contribution >= 0.6 is 0 Å². The summed E-state index contributed by atoms with van der Waals surface area (Å²) in [6.45, 7) is 8.47. The zero-order valence-corrected chi connectivity index (χ0v) is 15.7. The number of carbonyl (C=O) groups is 1. The summed E-state index contributed by atoms with van der Waals surface area (Å²) in [6.07, 6.45) is 2.70. The van der Waals surface area contributed by atoms with Crippen LogP contribution in [0.5, 0.6) is 0 Å². The van der Waals surface area contributed by atoms with Gasteiger partial charge < -0.3 is 9.47 Å². The van der Waals surface area contributed by atoms with Crippen LogP contribution in [0.25, 0.3) is 11.2 Å². The van der Waals surface area contributed by atoms with Gasteiger partial charge in [-0.1, -0.05) is 39.0 Å². The second-order valence-electron chi connectivity index (χ2n) is 6.97. The van der Waals surface area contributed by atoms with Crippen LogP contribution in [0.4, 0.5) is 0 Å². The van der Waals surface area contributed by atoms with Gasteiger partial charge in [-0.2, -0.15) is 0 Å². The SMILES string of the molecule is CCCN(Cc1nc2cccnc2n1CC(C)C)C(=O)c1ccccc1. The lowest BCUT2D eigenvalue weighted by Crippen LogP contribution is -2.32. The monoisotopic (exact) mass is 350 g/mol. The van der Waals surface area contributed by atoms with Gasteiger partial charge in [-0.15, -0.1) is 0 Å². The van der Waals surface area contributed by atoms with E-state index in [4.69, 9.17) is 4.98 Å². The molecule has 5 heteroatoms. The lowest BCUT2D eigenvalue weighted by Gasteiger charge is -2.23. The van der Waals surface area contributed by atoms with E-state index in [1.165, 1.54) is 0 Å². The van der Waals surface area contributed by atoms with Crippen LogP contribution < -0.4 is 0 Å².